The molecule has 0 saturated heterocycles. The SMILES string of the molecule is COc1ccc(C[C@H](NC(=O)C2CC2)C(N)=O)cc1Cl. The fourth-order valence-electron chi connectivity index (χ4n) is 1.93. The lowest BCUT2D eigenvalue weighted by molar-refractivity contribution is -0.128. The number of hydrogen-bond acceptors (Lipinski definition) is 3. The van der Waals surface area contributed by atoms with Gasteiger partial charge in [0.25, 0.3) is 0 Å². The third kappa shape index (κ3) is 3.63. The van der Waals surface area contributed by atoms with E-state index in [0.29, 0.717) is 17.2 Å². The molecule has 0 aliphatic heterocycles. The summed E-state index contributed by atoms with van der Waals surface area (Å²) in [6, 6.07) is 4.51. The third-order valence-electron chi connectivity index (χ3n) is 3.26. The van der Waals surface area contributed by atoms with Crippen molar-refractivity contribution in [2.45, 2.75) is 25.3 Å². The van der Waals surface area contributed by atoms with Crippen LogP contribution in [0.5, 0.6) is 5.75 Å². The van der Waals surface area contributed by atoms with Crippen LogP contribution in [0.3, 0.4) is 0 Å². The minimum Gasteiger partial charge on any atom is -0.495 e. The Kier molecular flexibility index (Phi) is 4.49. The number of amides is 2. The molecule has 3 N–H and O–H groups in total. The van der Waals surface area contributed by atoms with Crippen LogP contribution in [-0.4, -0.2) is 25.0 Å². The van der Waals surface area contributed by atoms with E-state index in [0.717, 1.165) is 18.4 Å². The highest BCUT2D eigenvalue weighted by Gasteiger charge is 2.32. The Morgan fingerprint density at radius 3 is 2.70 bits per heavy atom. The van der Waals surface area contributed by atoms with E-state index in [9.17, 15) is 9.59 Å². The van der Waals surface area contributed by atoms with Gasteiger partial charge in [-0.15, -0.1) is 0 Å². The normalized spacial score (nSPS) is 15.5. The van der Waals surface area contributed by atoms with Crippen molar-refractivity contribution in [2.75, 3.05) is 7.11 Å². The van der Waals surface area contributed by atoms with Crippen molar-refractivity contribution in [1.29, 1.82) is 0 Å². The van der Waals surface area contributed by atoms with E-state index >= 15 is 0 Å². The van der Waals surface area contributed by atoms with Gasteiger partial charge in [0, 0.05) is 12.3 Å². The van der Waals surface area contributed by atoms with E-state index in [2.05, 4.69) is 5.32 Å². The van der Waals surface area contributed by atoms with Crippen LogP contribution >= 0.6 is 11.6 Å². The van der Waals surface area contributed by atoms with Gasteiger partial charge in [0.2, 0.25) is 11.8 Å². The van der Waals surface area contributed by atoms with Crippen molar-refractivity contribution in [2.24, 2.45) is 11.7 Å². The number of halogens is 1. The molecular formula is C14H17ClN2O3. The summed E-state index contributed by atoms with van der Waals surface area (Å²) < 4.78 is 5.06. The van der Waals surface area contributed by atoms with Gasteiger partial charge in [0.05, 0.1) is 12.1 Å². The number of hydrogen-bond donors (Lipinski definition) is 2. The molecule has 0 bridgehead atoms. The first-order chi connectivity index (χ1) is 9.51. The molecule has 1 fully saturated rings. The van der Waals surface area contributed by atoms with Gasteiger partial charge < -0.3 is 15.8 Å². The van der Waals surface area contributed by atoms with Crippen LogP contribution in [0, 0.1) is 5.92 Å². The van der Waals surface area contributed by atoms with Crippen molar-refractivity contribution < 1.29 is 14.3 Å². The molecule has 1 atom stereocenters. The minimum absolute atomic E-state index is 0.0382. The molecule has 1 aliphatic rings. The Morgan fingerprint density at radius 1 is 1.50 bits per heavy atom. The molecule has 1 aromatic carbocycles. The van der Waals surface area contributed by atoms with Crippen LogP contribution in [-0.2, 0) is 16.0 Å². The van der Waals surface area contributed by atoms with Crippen molar-refractivity contribution in [3.63, 3.8) is 0 Å². The molecule has 2 amide bonds. The first kappa shape index (κ1) is 14.7. The number of primary amides is 1. The van der Waals surface area contributed by atoms with Crippen molar-refractivity contribution in [3.05, 3.63) is 28.8 Å². The molecule has 1 saturated carbocycles. The average Bonchev–Trinajstić information content (AvgIpc) is 3.22. The summed E-state index contributed by atoms with van der Waals surface area (Å²) in [5.41, 5.74) is 6.15. The van der Waals surface area contributed by atoms with E-state index in [1.807, 2.05) is 0 Å². The fourth-order valence-corrected chi connectivity index (χ4v) is 2.21. The van der Waals surface area contributed by atoms with Gasteiger partial charge in [-0.05, 0) is 30.5 Å². The molecule has 0 unspecified atom stereocenters. The number of rotatable bonds is 6. The predicted molar refractivity (Wildman–Crippen MR) is 75.6 cm³/mol. The summed E-state index contributed by atoms with van der Waals surface area (Å²) in [6.07, 6.45) is 2.08. The maximum absolute atomic E-state index is 11.7. The van der Waals surface area contributed by atoms with Crippen LogP contribution in [0.15, 0.2) is 18.2 Å². The molecule has 1 aromatic rings. The highest BCUT2D eigenvalue weighted by atomic mass is 35.5. The van der Waals surface area contributed by atoms with Crippen LogP contribution < -0.4 is 15.8 Å². The second-order valence-corrected chi connectivity index (χ2v) is 5.32. The molecule has 0 radical (unpaired) electrons. The standard InChI is InChI=1S/C14H17ClN2O3/c1-20-12-5-2-8(6-10(12)15)7-11(13(16)18)17-14(19)9-3-4-9/h2,5-6,9,11H,3-4,7H2,1H3,(H2,16,18)(H,17,19)/t11-/m0/s1. The summed E-state index contributed by atoms with van der Waals surface area (Å²) >= 11 is 6.03. The van der Waals surface area contributed by atoms with Crippen LogP contribution in [0.1, 0.15) is 18.4 Å². The molecule has 5 nitrogen and oxygen atoms in total. The van der Waals surface area contributed by atoms with Crippen LogP contribution in [0.2, 0.25) is 5.02 Å². The summed E-state index contributed by atoms with van der Waals surface area (Å²) in [6.45, 7) is 0. The summed E-state index contributed by atoms with van der Waals surface area (Å²) in [7, 11) is 1.53. The number of carbonyl (C=O) groups is 2. The first-order valence-electron chi connectivity index (χ1n) is 6.43. The predicted octanol–water partition coefficient (Wildman–Crippen LogP) is 1.27. The number of methoxy groups -OCH3 is 1. The summed E-state index contributed by atoms with van der Waals surface area (Å²) in [4.78, 5) is 23.2. The molecule has 108 valence electrons. The van der Waals surface area contributed by atoms with E-state index in [1.165, 1.54) is 7.11 Å². The first-order valence-corrected chi connectivity index (χ1v) is 6.81. The van der Waals surface area contributed by atoms with E-state index in [-0.39, 0.29) is 11.8 Å². The number of carbonyl (C=O) groups excluding carboxylic acids is 2. The molecule has 1 aliphatic carbocycles. The zero-order chi connectivity index (χ0) is 14.7. The number of benzene rings is 1. The molecule has 0 heterocycles. The smallest absolute Gasteiger partial charge is 0.240 e. The van der Waals surface area contributed by atoms with E-state index < -0.39 is 11.9 Å². The molecular weight excluding hydrogens is 280 g/mol. The lowest BCUT2D eigenvalue weighted by atomic mass is 10.0. The zero-order valence-corrected chi connectivity index (χ0v) is 11.9. The van der Waals surface area contributed by atoms with E-state index in [1.54, 1.807) is 18.2 Å². The number of nitrogens with one attached hydrogen (secondary N) is 1. The molecule has 6 heteroatoms. The average molecular weight is 297 g/mol. The Hall–Kier alpha value is -1.75. The highest BCUT2D eigenvalue weighted by molar-refractivity contribution is 6.32. The highest BCUT2D eigenvalue weighted by Crippen LogP contribution is 2.29. The van der Waals surface area contributed by atoms with Gasteiger partial charge in [-0.1, -0.05) is 17.7 Å². The minimum atomic E-state index is -0.715. The quantitative estimate of drug-likeness (QED) is 0.829. The van der Waals surface area contributed by atoms with Gasteiger partial charge >= 0.3 is 0 Å². The Bertz CT molecular complexity index is 529. The Morgan fingerprint density at radius 2 is 2.20 bits per heavy atom. The lowest BCUT2D eigenvalue weighted by Gasteiger charge is -2.16. The monoisotopic (exact) mass is 296 g/mol. The maximum atomic E-state index is 11.7. The maximum Gasteiger partial charge on any atom is 0.240 e. The molecule has 20 heavy (non-hydrogen) atoms. The van der Waals surface area contributed by atoms with Crippen LogP contribution in [0.25, 0.3) is 0 Å². The van der Waals surface area contributed by atoms with Crippen molar-refractivity contribution in [1.82, 2.24) is 5.32 Å². The third-order valence-corrected chi connectivity index (χ3v) is 3.56. The van der Waals surface area contributed by atoms with Crippen LogP contribution in [0.4, 0.5) is 0 Å². The zero-order valence-electron chi connectivity index (χ0n) is 11.2. The topological polar surface area (TPSA) is 81.4 Å². The van der Waals surface area contributed by atoms with Gasteiger partial charge in [-0.25, -0.2) is 0 Å². The number of ether oxygens (including phenoxy) is 1. The van der Waals surface area contributed by atoms with Gasteiger partial charge in [0.15, 0.2) is 0 Å². The van der Waals surface area contributed by atoms with Crippen molar-refractivity contribution >= 4 is 23.4 Å². The Labute approximate surface area is 122 Å². The molecule has 0 spiro atoms. The van der Waals surface area contributed by atoms with Gasteiger partial charge in [0.1, 0.15) is 11.8 Å². The van der Waals surface area contributed by atoms with Crippen molar-refractivity contribution in [3.8, 4) is 5.75 Å². The largest absolute Gasteiger partial charge is 0.495 e. The number of nitrogens with two attached hydrogens (primary N) is 1. The van der Waals surface area contributed by atoms with Gasteiger partial charge in [-0.2, -0.15) is 0 Å². The summed E-state index contributed by atoms with van der Waals surface area (Å²) in [5.74, 6) is -0.0521. The molecule has 2 rings (SSSR count). The molecule has 0 aromatic heterocycles. The van der Waals surface area contributed by atoms with E-state index in [4.69, 9.17) is 22.1 Å². The Balaban J connectivity index is 2.05. The second kappa shape index (κ2) is 6.13. The fraction of sp³-hybridized carbons (Fsp3) is 0.429. The summed E-state index contributed by atoms with van der Waals surface area (Å²) in [5, 5.41) is 3.15. The van der Waals surface area contributed by atoms with Gasteiger partial charge in [-0.3, -0.25) is 9.59 Å². The second-order valence-electron chi connectivity index (χ2n) is 4.91. The lowest BCUT2D eigenvalue weighted by Crippen LogP contribution is -2.46.